The Kier molecular flexibility index (Phi) is 6.16. The molecule has 1 unspecified atom stereocenters. The van der Waals surface area contributed by atoms with Gasteiger partial charge < -0.3 is 9.88 Å². The average Bonchev–Trinajstić information content (AvgIpc) is 3.26. The maximum atomic E-state index is 13.1. The lowest BCUT2D eigenvalue weighted by Crippen LogP contribution is -2.36. The molecule has 4 aromatic rings. The largest absolute Gasteiger partial charge is 0.353 e. The van der Waals surface area contributed by atoms with E-state index in [4.69, 9.17) is 0 Å². The Bertz CT molecular complexity index is 1290. The number of aromatic nitrogens is 4. The predicted molar refractivity (Wildman–Crippen MR) is 124 cm³/mol. The van der Waals surface area contributed by atoms with E-state index >= 15 is 0 Å². The molecule has 0 fully saturated rings. The van der Waals surface area contributed by atoms with Crippen LogP contribution in [0.3, 0.4) is 0 Å². The van der Waals surface area contributed by atoms with Crippen LogP contribution < -0.4 is 10.9 Å². The highest BCUT2D eigenvalue weighted by atomic mass is 16.2. The van der Waals surface area contributed by atoms with Crippen LogP contribution in [0, 0.1) is 6.92 Å². The molecule has 0 saturated carbocycles. The Morgan fingerprint density at radius 3 is 2.41 bits per heavy atom. The molecule has 7 heteroatoms. The monoisotopic (exact) mass is 429 g/mol. The quantitative estimate of drug-likeness (QED) is 0.490. The van der Waals surface area contributed by atoms with Gasteiger partial charge in [-0.2, -0.15) is 9.50 Å². The van der Waals surface area contributed by atoms with E-state index in [9.17, 15) is 9.59 Å². The van der Waals surface area contributed by atoms with Crippen molar-refractivity contribution in [1.29, 1.82) is 0 Å². The van der Waals surface area contributed by atoms with Crippen LogP contribution in [-0.2, 0) is 24.7 Å². The zero-order chi connectivity index (χ0) is 22.7. The fourth-order valence-electron chi connectivity index (χ4n) is 3.79. The van der Waals surface area contributed by atoms with E-state index in [2.05, 4.69) is 27.5 Å². The molecule has 0 radical (unpaired) electrons. The van der Waals surface area contributed by atoms with Crippen molar-refractivity contribution in [2.45, 2.75) is 39.2 Å². The van der Waals surface area contributed by atoms with E-state index in [-0.39, 0.29) is 23.9 Å². The van der Waals surface area contributed by atoms with Crippen LogP contribution in [-0.4, -0.2) is 31.1 Å². The van der Waals surface area contributed by atoms with E-state index in [1.54, 1.807) is 0 Å². The molecule has 4 rings (SSSR count). The number of rotatable bonds is 7. The molecule has 2 aromatic carbocycles. The second-order valence-corrected chi connectivity index (χ2v) is 8.11. The van der Waals surface area contributed by atoms with Gasteiger partial charge in [0.05, 0.1) is 6.42 Å². The summed E-state index contributed by atoms with van der Waals surface area (Å²) >= 11 is 0. The van der Waals surface area contributed by atoms with E-state index in [1.807, 2.05) is 74.0 Å². The Balaban J connectivity index is 1.52. The first kappa shape index (κ1) is 21.5. The van der Waals surface area contributed by atoms with Gasteiger partial charge in [-0.05, 0) is 32.3 Å². The van der Waals surface area contributed by atoms with E-state index in [0.29, 0.717) is 22.9 Å². The molecule has 0 bridgehead atoms. The highest BCUT2D eigenvalue weighted by Crippen LogP contribution is 2.16. The molecule has 0 saturated heterocycles. The van der Waals surface area contributed by atoms with Crippen molar-refractivity contribution in [2.75, 3.05) is 0 Å². The molecule has 1 amide bonds. The summed E-state index contributed by atoms with van der Waals surface area (Å²) in [6.07, 6.45) is 1.72. The van der Waals surface area contributed by atoms with Gasteiger partial charge in [0.2, 0.25) is 11.7 Å². The van der Waals surface area contributed by atoms with Gasteiger partial charge in [0.1, 0.15) is 0 Å². The summed E-state index contributed by atoms with van der Waals surface area (Å²) in [4.78, 5) is 30.4. The van der Waals surface area contributed by atoms with Crippen LogP contribution in [0.15, 0.2) is 65.5 Å². The number of aryl methyl sites for hydroxylation is 2. The molecule has 2 aromatic heterocycles. The predicted octanol–water partition coefficient (Wildman–Crippen LogP) is 3.08. The molecule has 0 spiro atoms. The van der Waals surface area contributed by atoms with Gasteiger partial charge in [0.25, 0.3) is 5.56 Å². The van der Waals surface area contributed by atoms with Gasteiger partial charge in [0.15, 0.2) is 5.82 Å². The summed E-state index contributed by atoms with van der Waals surface area (Å²) < 4.78 is 3.10. The molecule has 32 heavy (non-hydrogen) atoms. The molecular formula is C25H27N5O2. The third-order valence-corrected chi connectivity index (χ3v) is 5.77. The molecule has 164 valence electrons. The van der Waals surface area contributed by atoms with Crippen molar-refractivity contribution < 1.29 is 4.79 Å². The lowest BCUT2D eigenvalue weighted by Gasteiger charge is -2.15. The van der Waals surface area contributed by atoms with E-state index in [1.165, 1.54) is 10.1 Å². The van der Waals surface area contributed by atoms with Gasteiger partial charge in [-0.25, -0.2) is 0 Å². The molecule has 0 aliphatic carbocycles. The standard InChI is InChI=1S/C25H27N5O2/c1-17(14-15-19-10-6-4-7-11-19)26-22(31)16-21-18(2)29(3)25-27-23(28-30(25)24(21)32)20-12-8-5-9-13-20/h4-13,17H,14-16H2,1-3H3,(H,26,31). The van der Waals surface area contributed by atoms with Crippen molar-refractivity contribution in [3.8, 4) is 11.4 Å². The van der Waals surface area contributed by atoms with Crippen molar-refractivity contribution in [3.63, 3.8) is 0 Å². The van der Waals surface area contributed by atoms with Gasteiger partial charge in [-0.1, -0.05) is 60.7 Å². The number of benzene rings is 2. The van der Waals surface area contributed by atoms with Crippen LogP contribution in [0.4, 0.5) is 0 Å². The zero-order valence-corrected chi connectivity index (χ0v) is 18.6. The average molecular weight is 430 g/mol. The fourth-order valence-corrected chi connectivity index (χ4v) is 3.79. The molecule has 1 N–H and O–H groups in total. The lowest BCUT2D eigenvalue weighted by atomic mass is 10.1. The number of carbonyl (C=O) groups excluding carboxylic acids is 1. The molecular weight excluding hydrogens is 402 g/mol. The highest BCUT2D eigenvalue weighted by molar-refractivity contribution is 5.79. The maximum absolute atomic E-state index is 13.1. The third kappa shape index (κ3) is 4.46. The summed E-state index contributed by atoms with van der Waals surface area (Å²) in [6.45, 7) is 3.82. The highest BCUT2D eigenvalue weighted by Gasteiger charge is 2.19. The van der Waals surface area contributed by atoms with Crippen molar-refractivity contribution in [3.05, 3.63) is 87.8 Å². The fraction of sp³-hybridized carbons (Fsp3) is 0.280. The molecule has 7 nitrogen and oxygen atoms in total. The summed E-state index contributed by atoms with van der Waals surface area (Å²) in [5.41, 5.74) is 2.90. The molecule has 2 heterocycles. The number of hydrogen-bond acceptors (Lipinski definition) is 4. The van der Waals surface area contributed by atoms with Crippen molar-refractivity contribution in [2.24, 2.45) is 7.05 Å². The minimum Gasteiger partial charge on any atom is -0.353 e. The van der Waals surface area contributed by atoms with Crippen LogP contribution in [0.5, 0.6) is 0 Å². The normalized spacial score (nSPS) is 12.1. The smallest absolute Gasteiger partial charge is 0.279 e. The third-order valence-electron chi connectivity index (χ3n) is 5.77. The number of nitrogens with one attached hydrogen (secondary N) is 1. The Hall–Kier alpha value is -3.74. The number of hydrogen-bond donors (Lipinski definition) is 1. The van der Waals surface area contributed by atoms with Crippen LogP contribution >= 0.6 is 0 Å². The van der Waals surface area contributed by atoms with Crippen LogP contribution in [0.2, 0.25) is 0 Å². The van der Waals surface area contributed by atoms with Gasteiger partial charge in [-0.3, -0.25) is 9.59 Å². The Labute approximate surface area is 186 Å². The van der Waals surface area contributed by atoms with Crippen molar-refractivity contribution in [1.82, 2.24) is 24.5 Å². The second-order valence-electron chi connectivity index (χ2n) is 8.11. The van der Waals surface area contributed by atoms with Crippen LogP contribution in [0.1, 0.15) is 30.2 Å². The van der Waals surface area contributed by atoms with Crippen molar-refractivity contribution >= 4 is 11.7 Å². The van der Waals surface area contributed by atoms with E-state index in [0.717, 1.165) is 18.4 Å². The van der Waals surface area contributed by atoms with Gasteiger partial charge >= 0.3 is 0 Å². The minimum atomic E-state index is -0.308. The summed E-state index contributed by atoms with van der Waals surface area (Å²) in [7, 11) is 1.83. The number of fused-ring (bicyclic) bond motifs is 1. The van der Waals surface area contributed by atoms with Gasteiger partial charge in [0, 0.05) is 29.9 Å². The summed E-state index contributed by atoms with van der Waals surface area (Å²) in [6, 6.07) is 19.7. The first-order valence-electron chi connectivity index (χ1n) is 10.8. The number of nitrogens with zero attached hydrogens (tertiary/aromatic N) is 4. The van der Waals surface area contributed by atoms with E-state index < -0.39 is 0 Å². The SMILES string of the molecule is Cc1c(CC(=O)NC(C)CCc2ccccc2)c(=O)n2nc(-c3ccccc3)nc2n1C. The lowest BCUT2D eigenvalue weighted by molar-refractivity contribution is -0.121. The zero-order valence-electron chi connectivity index (χ0n) is 18.6. The van der Waals surface area contributed by atoms with Crippen LogP contribution in [0.25, 0.3) is 17.2 Å². The first-order valence-corrected chi connectivity index (χ1v) is 10.8. The summed E-state index contributed by atoms with van der Waals surface area (Å²) in [5.74, 6) is 0.758. The Morgan fingerprint density at radius 2 is 1.72 bits per heavy atom. The van der Waals surface area contributed by atoms with Gasteiger partial charge in [-0.15, -0.1) is 5.10 Å². The summed E-state index contributed by atoms with van der Waals surface area (Å²) in [5, 5.41) is 7.44. The minimum absolute atomic E-state index is 0.00462. The molecule has 0 aliphatic heterocycles. The topological polar surface area (TPSA) is 81.3 Å². The molecule has 0 aliphatic rings. The number of amides is 1. The maximum Gasteiger partial charge on any atom is 0.279 e. The Morgan fingerprint density at radius 1 is 1.06 bits per heavy atom. The number of carbonyl (C=O) groups is 1. The first-order chi connectivity index (χ1) is 15.4. The second kappa shape index (κ2) is 9.18. The molecule has 1 atom stereocenters.